The van der Waals surface area contributed by atoms with E-state index in [1.54, 1.807) is 19.2 Å². The predicted molar refractivity (Wildman–Crippen MR) is 119 cm³/mol. The van der Waals surface area contributed by atoms with E-state index in [-0.39, 0.29) is 41.2 Å². The Morgan fingerprint density at radius 1 is 1.19 bits per heavy atom. The molecule has 0 aliphatic heterocycles. The number of hydrogen-bond donors (Lipinski definition) is 2. The topological polar surface area (TPSA) is 62.7 Å². The summed E-state index contributed by atoms with van der Waals surface area (Å²) in [7, 11) is 3.15. The van der Waals surface area contributed by atoms with Crippen molar-refractivity contribution in [2.45, 2.75) is 51.4 Å². The Bertz CT molecular complexity index is 594. The number of rotatable bonds is 10. The van der Waals surface area contributed by atoms with Crippen molar-refractivity contribution >= 4 is 35.9 Å². The average Bonchev–Trinajstić information content (AvgIpc) is 2.63. The van der Waals surface area contributed by atoms with Crippen molar-refractivity contribution in [3.63, 3.8) is 0 Å². The first kappa shape index (κ1) is 25.6. The minimum absolute atomic E-state index is 0. The van der Waals surface area contributed by atoms with Gasteiger partial charge >= 0.3 is 5.97 Å². The first-order chi connectivity index (χ1) is 12.4. The van der Waals surface area contributed by atoms with Crippen molar-refractivity contribution in [3.05, 3.63) is 35.6 Å². The van der Waals surface area contributed by atoms with Gasteiger partial charge in [0.1, 0.15) is 5.82 Å². The van der Waals surface area contributed by atoms with Crippen molar-refractivity contribution in [3.8, 4) is 0 Å². The molecule has 0 radical (unpaired) electrons. The monoisotopic (exact) mass is 493 g/mol. The van der Waals surface area contributed by atoms with Crippen molar-refractivity contribution in [1.29, 1.82) is 0 Å². The molecule has 1 rings (SSSR count). The zero-order valence-electron chi connectivity index (χ0n) is 16.8. The Morgan fingerprint density at radius 2 is 1.89 bits per heavy atom. The summed E-state index contributed by atoms with van der Waals surface area (Å²) in [4.78, 5) is 15.3. The van der Waals surface area contributed by atoms with Crippen molar-refractivity contribution < 1.29 is 13.9 Å². The average molecular weight is 493 g/mol. The van der Waals surface area contributed by atoms with Crippen LogP contribution in [0.5, 0.6) is 0 Å². The van der Waals surface area contributed by atoms with Gasteiger partial charge in [-0.3, -0.25) is 9.79 Å². The lowest BCUT2D eigenvalue weighted by Crippen LogP contribution is -2.43. The number of benzene rings is 1. The molecule has 1 aromatic rings. The zero-order valence-corrected chi connectivity index (χ0v) is 19.1. The third-order valence-electron chi connectivity index (χ3n) is 4.36. The van der Waals surface area contributed by atoms with Gasteiger partial charge in [-0.1, -0.05) is 38.8 Å². The van der Waals surface area contributed by atoms with Crippen LogP contribution in [0.1, 0.15) is 51.5 Å². The molecule has 7 heteroatoms. The lowest BCUT2D eigenvalue weighted by atomic mass is 9.84. The molecule has 27 heavy (non-hydrogen) atoms. The Balaban J connectivity index is 0.00000676. The second kappa shape index (κ2) is 13.7. The molecule has 0 saturated heterocycles. The van der Waals surface area contributed by atoms with E-state index in [9.17, 15) is 9.18 Å². The molecular weight excluding hydrogens is 460 g/mol. The molecule has 0 atom stereocenters. The van der Waals surface area contributed by atoms with E-state index in [1.807, 2.05) is 6.07 Å². The van der Waals surface area contributed by atoms with Crippen LogP contribution in [0.25, 0.3) is 0 Å². The minimum Gasteiger partial charge on any atom is -0.469 e. The van der Waals surface area contributed by atoms with Crippen molar-refractivity contribution in [2.75, 3.05) is 27.2 Å². The smallest absolute Gasteiger partial charge is 0.305 e. The van der Waals surface area contributed by atoms with Crippen molar-refractivity contribution in [1.82, 2.24) is 10.6 Å². The fourth-order valence-corrected chi connectivity index (χ4v) is 2.59. The number of unbranched alkanes of at least 4 members (excludes halogenated alkanes) is 3. The molecule has 154 valence electrons. The Kier molecular flexibility index (Phi) is 13.0. The maximum absolute atomic E-state index is 13.4. The van der Waals surface area contributed by atoms with Crippen LogP contribution in [-0.2, 0) is 14.9 Å². The molecule has 0 fully saturated rings. The normalized spacial score (nSPS) is 11.5. The molecule has 1 aromatic carbocycles. The molecular formula is C20H33FIN3O2. The second-order valence-corrected chi connectivity index (χ2v) is 6.99. The van der Waals surface area contributed by atoms with E-state index >= 15 is 0 Å². The van der Waals surface area contributed by atoms with Crippen LogP contribution in [0, 0.1) is 5.82 Å². The fraction of sp³-hybridized carbons (Fsp3) is 0.600. The number of halogens is 2. The number of carbonyl (C=O) groups excluding carboxylic acids is 1. The van der Waals surface area contributed by atoms with Crippen LogP contribution in [0.4, 0.5) is 4.39 Å². The van der Waals surface area contributed by atoms with Gasteiger partial charge in [0.15, 0.2) is 5.96 Å². The van der Waals surface area contributed by atoms with Gasteiger partial charge in [-0.15, -0.1) is 24.0 Å². The van der Waals surface area contributed by atoms with E-state index in [2.05, 4.69) is 34.2 Å². The number of esters is 1. The number of carbonyl (C=O) groups is 1. The highest BCUT2D eigenvalue weighted by Crippen LogP contribution is 2.22. The standard InChI is InChI=1S/C20H32FN3O2.HI/c1-20(2,16-10-9-11-17(21)14-16)15-24-19(22-3)23-13-8-6-5-7-12-18(25)26-4;/h9-11,14H,5-8,12-13,15H2,1-4H3,(H2,22,23,24);1H. The number of ether oxygens (including phenoxy) is 1. The Hall–Kier alpha value is -1.38. The molecule has 5 nitrogen and oxygen atoms in total. The summed E-state index contributed by atoms with van der Waals surface area (Å²) in [6, 6.07) is 6.71. The lowest BCUT2D eigenvalue weighted by Gasteiger charge is -2.26. The highest BCUT2D eigenvalue weighted by atomic mass is 127. The van der Waals surface area contributed by atoms with Crippen LogP contribution in [-0.4, -0.2) is 39.2 Å². The van der Waals surface area contributed by atoms with E-state index in [4.69, 9.17) is 0 Å². The third-order valence-corrected chi connectivity index (χ3v) is 4.36. The summed E-state index contributed by atoms with van der Waals surface area (Å²) in [5.74, 6) is 0.378. The summed E-state index contributed by atoms with van der Waals surface area (Å²) < 4.78 is 18.1. The van der Waals surface area contributed by atoms with Crippen LogP contribution >= 0.6 is 24.0 Å². The number of hydrogen-bond acceptors (Lipinski definition) is 3. The molecule has 0 aromatic heterocycles. The van der Waals surface area contributed by atoms with E-state index in [0.29, 0.717) is 13.0 Å². The summed E-state index contributed by atoms with van der Waals surface area (Å²) in [5.41, 5.74) is 0.735. The number of guanidine groups is 1. The second-order valence-electron chi connectivity index (χ2n) is 6.99. The van der Waals surface area contributed by atoms with E-state index < -0.39 is 0 Å². The van der Waals surface area contributed by atoms with Crippen molar-refractivity contribution in [2.24, 2.45) is 4.99 Å². The highest BCUT2D eigenvalue weighted by molar-refractivity contribution is 14.0. The Labute approximate surface area is 179 Å². The van der Waals surface area contributed by atoms with Gasteiger partial charge in [0.25, 0.3) is 0 Å². The van der Waals surface area contributed by atoms with Gasteiger partial charge < -0.3 is 15.4 Å². The number of methoxy groups -OCH3 is 1. The summed E-state index contributed by atoms with van der Waals surface area (Å²) in [6.07, 6.45) is 4.42. The van der Waals surface area contributed by atoms with Gasteiger partial charge in [0.05, 0.1) is 7.11 Å². The van der Waals surface area contributed by atoms with E-state index in [1.165, 1.54) is 13.2 Å². The first-order valence-corrected chi connectivity index (χ1v) is 9.16. The summed E-state index contributed by atoms with van der Waals surface area (Å²) in [6.45, 7) is 5.61. The summed E-state index contributed by atoms with van der Waals surface area (Å²) >= 11 is 0. The number of nitrogens with one attached hydrogen (secondary N) is 2. The van der Waals surface area contributed by atoms with Gasteiger partial charge in [0, 0.05) is 32.0 Å². The number of aliphatic imine (C=N–C) groups is 1. The van der Waals surface area contributed by atoms with Crippen LogP contribution < -0.4 is 10.6 Å². The van der Waals surface area contributed by atoms with Crippen LogP contribution in [0.2, 0.25) is 0 Å². The molecule has 2 N–H and O–H groups in total. The predicted octanol–water partition coefficient (Wildman–Crippen LogP) is 4.01. The molecule has 0 aliphatic rings. The molecule has 0 amide bonds. The maximum Gasteiger partial charge on any atom is 0.305 e. The quantitative estimate of drug-likeness (QED) is 0.170. The minimum atomic E-state index is -0.217. The van der Waals surface area contributed by atoms with Gasteiger partial charge in [0.2, 0.25) is 0 Å². The van der Waals surface area contributed by atoms with Gasteiger partial charge in [-0.25, -0.2) is 4.39 Å². The molecule has 0 aliphatic carbocycles. The zero-order chi connectivity index (χ0) is 19.4. The summed E-state index contributed by atoms with van der Waals surface area (Å²) in [5, 5.41) is 6.60. The lowest BCUT2D eigenvalue weighted by molar-refractivity contribution is -0.140. The number of nitrogens with zero attached hydrogens (tertiary/aromatic N) is 1. The maximum atomic E-state index is 13.4. The SMILES string of the molecule is CN=C(NCCCCCCC(=O)OC)NCC(C)(C)c1cccc(F)c1.I. The van der Waals surface area contributed by atoms with Crippen LogP contribution in [0.15, 0.2) is 29.3 Å². The molecule has 0 unspecified atom stereocenters. The molecule has 0 spiro atoms. The van der Waals surface area contributed by atoms with E-state index in [0.717, 1.165) is 43.8 Å². The molecule has 0 saturated carbocycles. The highest BCUT2D eigenvalue weighted by Gasteiger charge is 2.21. The fourth-order valence-electron chi connectivity index (χ4n) is 2.59. The molecule has 0 bridgehead atoms. The van der Waals surface area contributed by atoms with Crippen LogP contribution in [0.3, 0.4) is 0 Å². The first-order valence-electron chi connectivity index (χ1n) is 9.16. The Morgan fingerprint density at radius 3 is 2.52 bits per heavy atom. The van der Waals surface area contributed by atoms with Gasteiger partial charge in [-0.05, 0) is 30.5 Å². The van der Waals surface area contributed by atoms with Gasteiger partial charge in [-0.2, -0.15) is 0 Å². The third kappa shape index (κ3) is 10.5. The molecule has 0 heterocycles. The largest absolute Gasteiger partial charge is 0.469 e.